The fourth-order valence-electron chi connectivity index (χ4n) is 2.55. The number of aromatic amines is 1. The molecule has 0 fully saturated rings. The number of hydrogen-bond acceptors (Lipinski definition) is 5. The Labute approximate surface area is 142 Å². The molecule has 2 aromatic heterocycles. The molecule has 0 radical (unpaired) electrons. The molecule has 120 valence electrons. The first-order valence-corrected chi connectivity index (χ1v) is 8.38. The van der Waals surface area contributed by atoms with Crippen LogP contribution in [0, 0.1) is 0 Å². The van der Waals surface area contributed by atoms with Crippen LogP contribution in [0.15, 0.2) is 48.8 Å². The molecule has 6 nitrogen and oxygen atoms in total. The second-order valence-electron chi connectivity index (χ2n) is 5.34. The summed E-state index contributed by atoms with van der Waals surface area (Å²) in [5.41, 5.74) is 2.31. The maximum atomic E-state index is 12.2. The smallest absolute Gasteiger partial charge is 0.251 e. The molecular formula is C17H15N5OS. The van der Waals surface area contributed by atoms with Gasteiger partial charge in [-0.3, -0.25) is 4.79 Å². The summed E-state index contributed by atoms with van der Waals surface area (Å²) < 4.78 is 5.55. The Bertz CT molecular complexity index is 1010. The number of amides is 1. The normalized spacial score (nSPS) is 11.0. The van der Waals surface area contributed by atoms with Crippen molar-refractivity contribution in [1.29, 1.82) is 0 Å². The van der Waals surface area contributed by atoms with Crippen LogP contribution in [0.5, 0.6) is 0 Å². The average molecular weight is 337 g/mol. The predicted octanol–water partition coefficient (Wildman–Crippen LogP) is 3.01. The minimum atomic E-state index is -0.107. The fraction of sp³-hybridized carbons (Fsp3) is 0.118. The maximum absolute atomic E-state index is 12.2. The van der Waals surface area contributed by atoms with Crippen molar-refractivity contribution in [3.8, 4) is 0 Å². The number of rotatable bonds is 5. The fourth-order valence-corrected chi connectivity index (χ4v) is 3.30. The third kappa shape index (κ3) is 2.81. The van der Waals surface area contributed by atoms with Gasteiger partial charge in [0.25, 0.3) is 5.91 Å². The molecule has 0 aliphatic rings. The van der Waals surface area contributed by atoms with Gasteiger partial charge in [0.2, 0.25) is 0 Å². The van der Waals surface area contributed by atoms with Crippen LogP contribution in [-0.4, -0.2) is 33.3 Å². The molecular weight excluding hydrogens is 322 g/mol. The lowest BCUT2D eigenvalue weighted by Gasteiger charge is -2.06. The van der Waals surface area contributed by atoms with Gasteiger partial charge in [-0.25, -0.2) is 4.98 Å². The number of aromatic nitrogens is 3. The molecule has 0 bridgehead atoms. The van der Waals surface area contributed by atoms with Crippen molar-refractivity contribution in [2.75, 3.05) is 18.4 Å². The number of nitrogens with one attached hydrogen (secondary N) is 3. The number of anilines is 1. The van der Waals surface area contributed by atoms with E-state index in [0.717, 1.165) is 26.9 Å². The van der Waals surface area contributed by atoms with E-state index in [1.807, 2.05) is 30.3 Å². The summed E-state index contributed by atoms with van der Waals surface area (Å²) >= 11 is 1.47. The summed E-state index contributed by atoms with van der Waals surface area (Å²) in [5, 5.41) is 7.28. The zero-order valence-corrected chi connectivity index (χ0v) is 13.6. The first-order chi connectivity index (χ1) is 11.8. The molecule has 3 N–H and O–H groups in total. The van der Waals surface area contributed by atoms with Gasteiger partial charge in [-0.2, -0.15) is 4.37 Å². The minimum Gasteiger partial charge on any atom is -0.367 e. The molecule has 0 saturated carbocycles. The highest BCUT2D eigenvalue weighted by Crippen LogP contribution is 2.25. The number of carbonyl (C=O) groups is 1. The first kappa shape index (κ1) is 14.6. The summed E-state index contributed by atoms with van der Waals surface area (Å²) in [7, 11) is 0. The van der Waals surface area contributed by atoms with Crippen molar-refractivity contribution in [1.82, 2.24) is 19.7 Å². The number of benzene rings is 2. The number of carbonyl (C=O) groups excluding carboxylic acids is 1. The molecule has 24 heavy (non-hydrogen) atoms. The Kier molecular flexibility index (Phi) is 3.84. The molecule has 7 heteroatoms. The van der Waals surface area contributed by atoms with Crippen LogP contribution in [-0.2, 0) is 0 Å². The van der Waals surface area contributed by atoms with Crippen LogP contribution in [0.3, 0.4) is 0 Å². The largest absolute Gasteiger partial charge is 0.367 e. The van der Waals surface area contributed by atoms with Crippen LogP contribution in [0.2, 0.25) is 0 Å². The van der Waals surface area contributed by atoms with Gasteiger partial charge in [0.05, 0.1) is 22.1 Å². The van der Waals surface area contributed by atoms with E-state index < -0.39 is 0 Å². The third-order valence-corrected chi connectivity index (χ3v) is 4.59. The average Bonchev–Trinajstić information content (AvgIpc) is 3.24. The second kappa shape index (κ2) is 6.29. The second-order valence-corrected chi connectivity index (χ2v) is 6.15. The summed E-state index contributed by atoms with van der Waals surface area (Å²) in [4.78, 5) is 19.4. The highest BCUT2D eigenvalue weighted by atomic mass is 32.1. The van der Waals surface area contributed by atoms with Crippen LogP contribution < -0.4 is 10.6 Å². The van der Waals surface area contributed by atoms with Crippen LogP contribution >= 0.6 is 11.5 Å². The van der Waals surface area contributed by atoms with E-state index in [0.29, 0.717) is 18.7 Å². The maximum Gasteiger partial charge on any atom is 0.251 e. The molecule has 0 aliphatic carbocycles. The molecule has 0 aliphatic heterocycles. The van der Waals surface area contributed by atoms with Crippen molar-refractivity contribution < 1.29 is 4.79 Å². The van der Waals surface area contributed by atoms with Gasteiger partial charge in [-0.1, -0.05) is 12.1 Å². The van der Waals surface area contributed by atoms with Gasteiger partial charge >= 0.3 is 0 Å². The lowest BCUT2D eigenvalue weighted by molar-refractivity contribution is 0.0955. The van der Waals surface area contributed by atoms with Crippen LogP contribution in [0.25, 0.3) is 21.1 Å². The van der Waals surface area contributed by atoms with E-state index in [1.165, 1.54) is 11.5 Å². The Morgan fingerprint density at radius 2 is 2.08 bits per heavy atom. The van der Waals surface area contributed by atoms with E-state index in [-0.39, 0.29) is 5.91 Å². The molecule has 0 unspecified atom stereocenters. The van der Waals surface area contributed by atoms with Crippen molar-refractivity contribution in [3.63, 3.8) is 0 Å². The zero-order chi connectivity index (χ0) is 16.4. The number of H-pyrrole nitrogens is 1. The molecule has 2 heterocycles. The molecule has 4 aromatic rings. The summed E-state index contributed by atoms with van der Waals surface area (Å²) in [6, 6.07) is 13.5. The molecule has 0 saturated heterocycles. The first-order valence-electron chi connectivity index (χ1n) is 7.61. The molecule has 0 spiro atoms. The Hall–Kier alpha value is -2.93. The number of imidazole rings is 1. The van der Waals surface area contributed by atoms with Crippen LogP contribution in [0.4, 0.5) is 5.82 Å². The summed E-state index contributed by atoms with van der Waals surface area (Å²) in [5.74, 6) is 0.757. The highest BCUT2D eigenvalue weighted by Gasteiger charge is 2.08. The molecule has 2 aromatic carbocycles. The van der Waals surface area contributed by atoms with Gasteiger partial charge in [0.1, 0.15) is 5.82 Å². The lowest BCUT2D eigenvalue weighted by Crippen LogP contribution is -2.28. The lowest BCUT2D eigenvalue weighted by atomic mass is 10.2. The van der Waals surface area contributed by atoms with E-state index in [9.17, 15) is 4.79 Å². The van der Waals surface area contributed by atoms with E-state index in [4.69, 9.17) is 0 Å². The molecule has 4 rings (SSSR count). The third-order valence-electron chi connectivity index (χ3n) is 3.76. The van der Waals surface area contributed by atoms with Gasteiger partial charge in [0.15, 0.2) is 0 Å². The van der Waals surface area contributed by atoms with Crippen molar-refractivity contribution >= 4 is 44.4 Å². The van der Waals surface area contributed by atoms with E-state index in [1.54, 1.807) is 18.5 Å². The van der Waals surface area contributed by atoms with Crippen molar-refractivity contribution in [2.45, 2.75) is 0 Å². The summed E-state index contributed by atoms with van der Waals surface area (Å²) in [6.45, 7) is 1.13. The Balaban J connectivity index is 1.34. The minimum absolute atomic E-state index is 0.107. The predicted molar refractivity (Wildman–Crippen MR) is 96.5 cm³/mol. The van der Waals surface area contributed by atoms with E-state index >= 15 is 0 Å². The Morgan fingerprint density at radius 3 is 3.04 bits per heavy atom. The van der Waals surface area contributed by atoms with Gasteiger partial charge < -0.3 is 15.6 Å². The van der Waals surface area contributed by atoms with E-state index in [2.05, 4.69) is 25.0 Å². The number of hydrogen-bond donors (Lipinski definition) is 3. The molecule has 1 amide bonds. The number of nitrogens with zero attached hydrogens (tertiary/aromatic N) is 2. The van der Waals surface area contributed by atoms with Gasteiger partial charge in [-0.15, -0.1) is 0 Å². The topological polar surface area (TPSA) is 82.7 Å². The Morgan fingerprint density at radius 1 is 1.17 bits per heavy atom. The van der Waals surface area contributed by atoms with Gasteiger partial charge in [-0.05, 0) is 41.9 Å². The zero-order valence-electron chi connectivity index (χ0n) is 12.7. The number of fused-ring (bicyclic) bond motifs is 2. The standard InChI is InChI=1S/C17H15N5OS/c23-17(11-5-6-13-14(9-11)21-10-20-13)19-8-7-18-16-12-3-1-2-4-15(12)24-22-16/h1-6,9-10H,7-8H2,(H,18,22)(H,19,23)(H,20,21). The summed E-state index contributed by atoms with van der Waals surface area (Å²) in [6.07, 6.45) is 1.62. The SMILES string of the molecule is O=C(NCCNc1nsc2ccccc12)c1ccc2[nH]cnc2c1. The van der Waals surface area contributed by atoms with Gasteiger partial charge in [0, 0.05) is 24.0 Å². The van der Waals surface area contributed by atoms with Crippen molar-refractivity contribution in [2.24, 2.45) is 0 Å². The molecule has 0 atom stereocenters. The highest BCUT2D eigenvalue weighted by molar-refractivity contribution is 7.13. The quantitative estimate of drug-likeness (QED) is 0.489. The van der Waals surface area contributed by atoms with Crippen LogP contribution in [0.1, 0.15) is 10.4 Å². The monoisotopic (exact) mass is 337 g/mol. The van der Waals surface area contributed by atoms with Crippen molar-refractivity contribution in [3.05, 3.63) is 54.4 Å².